The van der Waals surface area contributed by atoms with Gasteiger partial charge in [-0.25, -0.2) is 13.2 Å². The van der Waals surface area contributed by atoms with E-state index in [1.165, 1.54) is 31.3 Å². The molecule has 0 bridgehead atoms. The molecule has 2 rings (SSSR count). The predicted octanol–water partition coefficient (Wildman–Crippen LogP) is 3.47. The Bertz CT molecular complexity index is 1020. The van der Waals surface area contributed by atoms with Gasteiger partial charge in [0, 0.05) is 12.7 Å². The van der Waals surface area contributed by atoms with Crippen molar-refractivity contribution in [3.8, 4) is 0 Å². The number of hydrogen-bond donors (Lipinski definition) is 1. The lowest BCUT2D eigenvalue weighted by atomic mass is 10.1. The topological polar surface area (TPSA) is 92.8 Å². The molecule has 2 aromatic rings. The van der Waals surface area contributed by atoms with Gasteiger partial charge in [-0.3, -0.25) is 9.10 Å². The van der Waals surface area contributed by atoms with Crippen molar-refractivity contribution in [2.75, 3.05) is 29.5 Å². The molecular formula is C19H21ClN2O5S. The number of carbonyl (C=O) groups is 2. The molecular weight excluding hydrogens is 404 g/mol. The van der Waals surface area contributed by atoms with E-state index in [0.717, 1.165) is 16.1 Å². The molecule has 7 nitrogen and oxygen atoms in total. The van der Waals surface area contributed by atoms with Crippen LogP contribution in [-0.2, 0) is 14.8 Å². The molecule has 0 unspecified atom stereocenters. The van der Waals surface area contributed by atoms with E-state index < -0.39 is 21.9 Å². The summed E-state index contributed by atoms with van der Waals surface area (Å²) >= 11 is 6.14. The smallest absolute Gasteiger partial charge is 0.338 e. The lowest BCUT2D eigenvalue weighted by Gasteiger charge is -2.18. The van der Waals surface area contributed by atoms with Crippen molar-refractivity contribution in [3.05, 3.63) is 58.1 Å². The zero-order valence-electron chi connectivity index (χ0n) is 15.9. The quantitative estimate of drug-likeness (QED) is 0.716. The number of carbonyl (C=O) groups excluding carboxylic acids is 2. The summed E-state index contributed by atoms with van der Waals surface area (Å²) in [6.07, 6.45) is 1.06. The fourth-order valence-corrected chi connectivity index (χ4v) is 3.06. The van der Waals surface area contributed by atoms with Crippen LogP contribution in [-0.4, -0.2) is 40.2 Å². The molecule has 1 amide bonds. The first-order valence-electron chi connectivity index (χ1n) is 8.37. The standard InChI is InChI=1S/C19H21ClN2O5S/c1-5-27-19(24)13-7-6-12(2)17(10-13)21-18(23)15-11-14(8-9-16(15)20)22(3)28(4,25)26/h6-11H,5H2,1-4H3,(H,21,23). The number of rotatable bonds is 6. The van der Waals surface area contributed by atoms with E-state index in [9.17, 15) is 18.0 Å². The molecule has 150 valence electrons. The molecule has 0 aliphatic rings. The normalized spacial score (nSPS) is 11.0. The fraction of sp³-hybridized carbons (Fsp3) is 0.263. The van der Waals surface area contributed by atoms with Gasteiger partial charge in [0.15, 0.2) is 0 Å². The number of esters is 1. The average molecular weight is 425 g/mol. The molecule has 0 radical (unpaired) electrons. The second-order valence-electron chi connectivity index (χ2n) is 6.10. The molecule has 28 heavy (non-hydrogen) atoms. The van der Waals surface area contributed by atoms with E-state index in [0.29, 0.717) is 16.9 Å². The second-order valence-corrected chi connectivity index (χ2v) is 8.52. The van der Waals surface area contributed by atoms with Gasteiger partial charge >= 0.3 is 5.97 Å². The number of halogens is 1. The summed E-state index contributed by atoms with van der Waals surface area (Å²) in [6, 6.07) is 9.17. The first-order valence-corrected chi connectivity index (χ1v) is 10.6. The Morgan fingerprint density at radius 3 is 2.46 bits per heavy atom. The van der Waals surface area contributed by atoms with Gasteiger partial charge < -0.3 is 10.1 Å². The minimum atomic E-state index is -3.49. The van der Waals surface area contributed by atoms with Gasteiger partial charge in [-0.1, -0.05) is 17.7 Å². The van der Waals surface area contributed by atoms with E-state index in [1.807, 2.05) is 0 Å². The lowest BCUT2D eigenvalue weighted by Crippen LogP contribution is -2.25. The maximum atomic E-state index is 12.7. The molecule has 0 saturated heterocycles. The highest BCUT2D eigenvalue weighted by molar-refractivity contribution is 7.92. The minimum Gasteiger partial charge on any atom is -0.462 e. The molecule has 2 aromatic carbocycles. The maximum absolute atomic E-state index is 12.7. The van der Waals surface area contributed by atoms with Crippen LogP contribution >= 0.6 is 11.6 Å². The number of ether oxygens (including phenoxy) is 1. The molecule has 0 spiro atoms. The Morgan fingerprint density at radius 2 is 1.86 bits per heavy atom. The number of amides is 1. The Labute approximate surface area is 169 Å². The summed E-state index contributed by atoms with van der Waals surface area (Å²) in [5.74, 6) is -1.02. The van der Waals surface area contributed by atoms with Gasteiger partial charge in [-0.05, 0) is 49.7 Å². The number of aryl methyl sites for hydroxylation is 1. The van der Waals surface area contributed by atoms with Gasteiger partial charge in [-0.15, -0.1) is 0 Å². The van der Waals surface area contributed by atoms with E-state index in [2.05, 4.69) is 5.32 Å². The third-order valence-corrected chi connectivity index (χ3v) is 5.59. The summed E-state index contributed by atoms with van der Waals surface area (Å²) in [5.41, 5.74) is 1.87. The second kappa shape index (κ2) is 8.62. The molecule has 1 N–H and O–H groups in total. The molecule has 0 atom stereocenters. The number of anilines is 2. The third kappa shape index (κ3) is 5.02. The molecule has 0 aromatic heterocycles. The van der Waals surface area contributed by atoms with Crippen LogP contribution in [0.15, 0.2) is 36.4 Å². The first kappa shape index (κ1) is 21.7. The fourth-order valence-electron chi connectivity index (χ4n) is 2.36. The molecule has 0 saturated carbocycles. The van der Waals surface area contributed by atoms with Crippen LogP contribution in [0.2, 0.25) is 5.02 Å². The summed E-state index contributed by atoms with van der Waals surface area (Å²) in [4.78, 5) is 24.7. The van der Waals surface area contributed by atoms with Crippen LogP contribution < -0.4 is 9.62 Å². The van der Waals surface area contributed by atoms with Gasteiger partial charge in [0.1, 0.15) is 0 Å². The number of benzene rings is 2. The summed E-state index contributed by atoms with van der Waals surface area (Å²) < 4.78 is 29.5. The molecule has 0 fully saturated rings. The molecule has 0 aliphatic heterocycles. The van der Waals surface area contributed by atoms with E-state index >= 15 is 0 Å². The third-order valence-electron chi connectivity index (χ3n) is 4.05. The lowest BCUT2D eigenvalue weighted by molar-refractivity contribution is 0.0526. The van der Waals surface area contributed by atoms with Crippen molar-refractivity contribution in [2.45, 2.75) is 13.8 Å². The summed E-state index contributed by atoms with van der Waals surface area (Å²) in [6.45, 7) is 3.72. The highest BCUT2D eigenvalue weighted by Crippen LogP contribution is 2.26. The summed E-state index contributed by atoms with van der Waals surface area (Å²) in [5, 5.41) is 2.88. The highest BCUT2D eigenvalue weighted by Gasteiger charge is 2.18. The van der Waals surface area contributed by atoms with E-state index in [4.69, 9.17) is 16.3 Å². The number of nitrogens with one attached hydrogen (secondary N) is 1. The molecule has 9 heteroatoms. The molecule has 0 heterocycles. The van der Waals surface area contributed by atoms with Gasteiger partial charge in [0.05, 0.1) is 34.7 Å². The van der Waals surface area contributed by atoms with Crippen LogP contribution in [0, 0.1) is 6.92 Å². The maximum Gasteiger partial charge on any atom is 0.338 e. The Balaban J connectivity index is 2.35. The zero-order valence-corrected chi connectivity index (χ0v) is 17.5. The summed E-state index contributed by atoms with van der Waals surface area (Å²) in [7, 11) is -2.11. The van der Waals surface area contributed by atoms with Crippen LogP contribution in [0.5, 0.6) is 0 Å². The Morgan fingerprint density at radius 1 is 1.18 bits per heavy atom. The van der Waals surface area contributed by atoms with Crippen LogP contribution in [0.3, 0.4) is 0 Å². The number of nitrogens with zero attached hydrogens (tertiary/aromatic N) is 1. The SMILES string of the molecule is CCOC(=O)c1ccc(C)c(NC(=O)c2cc(N(C)S(C)(=O)=O)ccc2Cl)c1. The minimum absolute atomic E-state index is 0.107. The highest BCUT2D eigenvalue weighted by atomic mass is 35.5. The van der Waals surface area contributed by atoms with Gasteiger partial charge in [0.25, 0.3) is 5.91 Å². The predicted molar refractivity (Wildman–Crippen MR) is 110 cm³/mol. The van der Waals surface area contributed by atoms with Crippen molar-refractivity contribution >= 4 is 44.9 Å². The van der Waals surface area contributed by atoms with Crippen molar-refractivity contribution in [3.63, 3.8) is 0 Å². The van der Waals surface area contributed by atoms with Crippen molar-refractivity contribution in [2.24, 2.45) is 0 Å². The largest absolute Gasteiger partial charge is 0.462 e. The van der Waals surface area contributed by atoms with Crippen LogP contribution in [0.1, 0.15) is 33.2 Å². The van der Waals surface area contributed by atoms with Crippen molar-refractivity contribution in [1.29, 1.82) is 0 Å². The van der Waals surface area contributed by atoms with Crippen molar-refractivity contribution < 1.29 is 22.7 Å². The number of sulfonamides is 1. The van der Waals surface area contributed by atoms with Crippen LogP contribution in [0.25, 0.3) is 0 Å². The molecule has 0 aliphatic carbocycles. The number of hydrogen-bond acceptors (Lipinski definition) is 5. The Kier molecular flexibility index (Phi) is 6.69. The van der Waals surface area contributed by atoms with Gasteiger partial charge in [0.2, 0.25) is 10.0 Å². The van der Waals surface area contributed by atoms with Crippen molar-refractivity contribution in [1.82, 2.24) is 0 Å². The van der Waals surface area contributed by atoms with Gasteiger partial charge in [-0.2, -0.15) is 0 Å². The Hall–Kier alpha value is -2.58. The zero-order chi connectivity index (χ0) is 21.1. The first-order chi connectivity index (χ1) is 13.0. The van der Waals surface area contributed by atoms with E-state index in [1.54, 1.807) is 26.0 Å². The average Bonchev–Trinajstić information content (AvgIpc) is 2.62. The van der Waals surface area contributed by atoms with E-state index in [-0.39, 0.29) is 17.2 Å². The monoisotopic (exact) mass is 424 g/mol. The van der Waals surface area contributed by atoms with Crippen LogP contribution in [0.4, 0.5) is 11.4 Å².